The molecule has 2 aromatic rings. The molecule has 1 aromatic carbocycles. The molecule has 4 N–H and O–H groups in total. The van der Waals surface area contributed by atoms with Crippen LogP contribution in [-0.2, 0) is 21.2 Å². The molecule has 0 atom stereocenters. The number of carbonyl (C=O) groups is 2. The Labute approximate surface area is 149 Å². The Morgan fingerprint density at radius 3 is 2.46 bits per heavy atom. The summed E-state index contributed by atoms with van der Waals surface area (Å²) in [6.45, 7) is 1.28. The lowest BCUT2D eigenvalue weighted by Crippen LogP contribution is -2.25. The van der Waals surface area contributed by atoms with Crippen molar-refractivity contribution in [2.45, 2.75) is 18.2 Å². The highest BCUT2D eigenvalue weighted by atomic mass is 32.2. The lowest BCUT2D eigenvalue weighted by atomic mass is 10.1. The van der Waals surface area contributed by atoms with E-state index in [1.54, 1.807) is 24.3 Å². The first-order valence-corrected chi connectivity index (χ1v) is 9.06. The molecule has 1 aromatic heterocycles. The lowest BCUT2D eigenvalue weighted by molar-refractivity contribution is -0.139. The molecule has 0 radical (unpaired) electrons. The largest absolute Gasteiger partial charge is 0.482 e. The summed E-state index contributed by atoms with van der Waals surface area (Å²) >= 11 is 0. The molecule has 0 saturated carbocycles. The van der Waals surface area contributed by atoms with Crippen molar-refractivity contribution >= 4 is 21.9 Å². The van der Waals surface area contributed by atoms with Gasteiger partial charge in [0.2, 0.25) is 10.0 Å². The number of carboxylic acids is 1. The summed E-state index contributed by atoms with van der Waals surface area (Å²) in [5.74, 6) is -1.26. The van der Waals surface area contributed by atoms with Crippen LogP contribution in [0.15, 0.2) is 39.6 Å². The molecular weight excluding hydrogens is 364 g/mol. The van der Waals surface area contributed by atoms with Gasteiger partial charge in [-0.05, 0) is 31.0 Å². The van der Waals surface area contributed by atoms with Gasteiger partial charge < -0.3 is 19.6 Å². The molecule has 0 aliphatic heterocycles. The van der Waals surface area contributed by atoms with Crippen LogP contribution in [0.5, 0.6) is 5.75 Å². The third-order valence-electron chi connectivity index (χ3n) is 3.39. The molecule has 0 spiro atoms. The highest BCUT2D eigenvalue weighted by molar-refractivity contribution is 7.89. The molecule has 1 amide bonds. The number of carboxylic acid groups (broad SMARTS) is 1. The van der Waals surface area contributed by atoms with Gasteiger partial charge in [0.15, 0.2) is 12.4 Å². The highest BCUT2D eigenvalue weighted by Gasteiger charge is 2.20. The van der Waals surface area contributed by atoms with Crippen LogP contribution in [0.2, 0.25) is 0 Å². The van der Waals surface area contributed by atoms with Gasteiger partial charge in [-0.25, -0.2) is 18.4 Å². The van der Waals surface area contributed by atoms with E-state index in [1.165, 1.54) is 6.92 Å². The van der Waals surface area contributed by atoms with E-state index in [2.05, 4.69) is 5.32 Å². The second kappa shape index (κ2) is 8.02. The highest BCUT2D eigenvalue weighted by Crippen LogP contribution is 2.18. The summed E-state index contributed by atoms with van der Waals surface area (Å²) < 4.78 is 32.8. The van der Waals surface area contributed by atoms with E-state index in [1.807, 2.05) is 0 Å². The standard InChI is InChI=1S/C16H18N2O7S/c1-10-14(26(17,22)23)8-13(25-10)16(21)18-7-6-11-2-4-12(5-3-11)24-9-15(19)20/h2-5,8H,6-7,9H2,1H3,(H,18,21)(H,19,20)(H2,17,22,23). The maximum absolute atomic E-state index is 12.0. The van der Waals surface area contributed by atoms with Crippen LogP contribution < -0.4 is 15.2 Å². The molecule has 26 heavy (non-hydrogen) atoms. The molecule has 0 aliphatic carbocycles. The maximum Gasteiger partial charge on any atom is 0.341 e. The van der Waals surface area contributed by atoms with E-state index in [-0.39, 0.29) is 16.4 Å². The summed E-state index contributed by atoms with van der Waals surface area (Å²) in [5.41, 5.74) is 0.897. The van der Waals surface area contributed by atoms with Gasteiger partial charge in [-0.3, -0.25) is 4.79 Å². The van der Waals surface area contributed by atoms with Crippen molar-refractivity contribution in [3.05, 3.63) is 47.4 Å². The number of primary sulfonamides is 1. The number of furan rings is 1. The first-order valence-electron chi connectivity index (χ1n) is 7.52. The number of ether oxygens (including phenoxy) is 1. The van der Waals surface area contributed by atoms with Gasteiger partial charge in [-0.15, -0.1) is 0 Å². The molecule has 0 aliphatic rings. The smallest absolute Gasteiger partial charge is 0.341 e. The van der Waals surface area contributed by atoms with E-state index < -0.39 is 28.5 Å². The number of nitrogens with two attached hydrogens (primary N) is 1. The van der Waals surface area contributed by atoms with Crippen LogP contribution in [0.25, 0.3) is 0 Å². The minimum atomic E-state index is -3.95. The van der Waals surface area contributed by atoms with Crippen LogP contribution in [0, 0.1) is 6.92 Å². The van der Waals surface area contributed by atoms with Gasteiger partial charge in [0.25, 0.3) is 5.91 Å². The normalized spacial score (nSPS) is 11.2. The minimum absolute atomic E-state index is 0.0506. The van der Waals surface area contributed by atoms with Gasteiger partial charge in [0.05, 0.1) is 0 Å². The summed E-state index contributed by atoms with van der Waals surface area (Å²) in [5, 5.41) is 16.2. The SMILES string of the molecule is Cc1oc(C(=O)NCCc2ccc(OCC(=O)O)cc2)cc1S(N)(=O)=O. The van der Waals surface area contributed by atoms with Crippen molar-refractivity contribution in [1.82, 2.24) is 5.32 Å². The second-order valence-electron chi connectivity index (χ2n) is 5.41. The fourth-order valence-electron chi connectivity index (χ4n) is 2.16. The molecule has 0 saturated heterocycles. The Bertz CT molecular complexity index is 901. The maximum atomic E-state index is 12.0. The van der Waals surface area contributed by atoms with E-state index in [9.17, 15) is 18.0 Å². The fourth-order valence-corrected chi connectivity index (χ4v) is 2.88. The van der Waals surface area contributed by atoms with E-state index in [0.717, 1.165) is 11.6 Å². The predicted octanol–water partition coefficient (Wildman–Crippen LogP) is 0.671. The van der Waals surface area contributed by atoms with Crippen LogP contribution in [0.4, 0.5) is 0 Å². The van der Waals surface area contributed by atoms with E-state index >= 15 is 0 Å². The van der Waals surface area contributed by atoms with E-state index in [0.29, 0.717) is 18.7 Å². The number of aryl methyl sites for hydroxylation is 1. The summed E-state index contributed by atoms with van der Waals surface area (Å²) in [4.78, 5) is 22.2. The average molecular weight is 382 g/mol. The number of amides is 1. The zero-order chi connectivity index (χ0) is 19.3. The molecule has 10 heteroatoms. The van der Waals surface area contributed by atoms with Crippen LogP contribution in [-0.4, -0.2) is 38.6 Å². The third kappa shape index (κ3) is 5.33. The third-order valence-corrected chi connectivity index (χ3v) is 4.41. The Kier molecular flexibility index (Phi) is 6.01. The lowest BCUT2D eigenvalue weighted by Gasteiger charge is -2.06. The average Bonchev–Trinajstić information content (AvgIpc) is 2.96. The summed E-state index contributed by atoms with van der Waals surface area (Å²) in [6, 6.07) is 7.86. The quantitative estimate of drug-likeness (QED) is 0.607. The van der Waals surface area contributed by atoms with Crippen LogP contribution in [0.1, 0.15) is 21.9 Å². The summed E-state index contributed by atoms with van der Waals surface area (Å²) in [6.07, 6.45) is 0.507. The molecule has 1 heterocycles. The number of hydrogen-bond donors (Lipinski definition) is 3. The first-order chi connectivity index (χ1) is 12.2. The first kappa shape index (κ1) is 19.5. The molecule has 0 fully saturated rings. The number of sulfonamides is 1. The number of hydrogen-bond acceptors (Lipinski definition) is 6. The Morgan fingerprint density at radius 2 is 1.92 bits per heavy atom. The molecular formula is C16H18N2O7S. The molecule has 9 nitrogen and oxygen atoms in total. The van der Waals surface area contributed by atoms with Crippen molar-refractivity contribution in [2.75, 3.05) is 13.2 Å². The van der Waals surface area contributed by atoms with Gasteiger partial charge in [-0.2, -0.15) is 0 Å². The number of nitrogens with one attached hydrogen (secondary N) is 1. The van der Waals surface area contributed by atoms with Crippen molar-refractivity contribution in [3.63, 3.8) is 0 Å². The second-order valence-corrected chi connectivity index (χ2v) is 6.94. The van der Waals surface area contributed by atoms with Crippen molar-refractivity contribution < 1.29 is 32.3 Å². The molecule has 140 valence electrons. The van der Waals surface area contributed by atoms with Crippen molar-refractivity contribution in [3.8, 4) is 5.75 Å². The van der Waals surface area contributed by atoms with Crippen LogP contribution >= 0.6 is 0 Å². The van der Waals surface area contributed by atoms with Crippen LogP contribution in [0.3, 0.4) is 0 Å². The Morgan fingerprint density at radius 1 is 1.27 bits per heavy atom. The number of benzene rings is 1. The topological polar surface area (TPSA) is 149 Å². The van der Waals surface area contributed by atoms with Gasteiger partial charge in [0, 0.05) is 12.6 Å². The van der Waals surface area contributed by atoms with Gasteiger partial charge in [-0.1, -0.05) is 12.1 Å². The number of aliphatic carboxylic acids is 1. The zero-order valence-electron chi connectivity index (χ0n) is 13.9. The number of carbonyl (C=O) groups excluding carboxylic acids is 1. The minimum Gasteiger partial charge on any atom is -0.482 e. The van der Waals surface area contributed by atoms with Crippen molar-refractivity contribution in [1.29, 1.82) is 0 Å². The molecule has 0 unspecified atom stereocenters. The molecule has 0 bridgehead atoms. The molecule has 2 rings (SSSR count). The van der Waals surface area contributed by atoms with Gasteiger partial charge >= 0.3 is 5.97 Å². The predicted molar refractivity (Wildman–Crippen MR) is 90.4 cm³/mol. The van der Waals surface area contributed by atoms with Gasteiger partial charge in [0.1, 0.15) is 16.4 Å². The van der Waals surface area contributed by atoms with E-state index in [4.69, 9.17) is 19.4 Å². The monoisotopic (exact) mass is 382 g/mol. The number of rotatable bonds is 8. The summed E-state index contributed by atoms with van der Waals surface area (Å²) in [7, 11) is -3.95. The van der Waals surface area contributed by atoms with Crippen molar-refractivity contribution in [2.24, 2.45) is 5.14 Å². The Hall–Kier alpha value is -2.85. The fraction of sp³-hybridized carbons (Fsp3) is 0.250. The Balaban J connectivity index is 1.87. The zero-order valence-corrected chi connectivity index (χ0v) is 14.7.